The first-order valence-corrected chi connectivity index (χ1v) is 6.66. The summed E-state index contributed by atoms with van der Waals surface area (Å²) in [7, 11) is 1.69. The SMILES string of the molecule is COc1ccc(C)cc1CSc1ncccc1N. The smallest absolute Gasteiger partial charge is 0.122 e. The molecule has 0 spiro atoms. The summed E-state index contributed by atoms with van der Waals surface area (Å²) in [4.78, 5) is 4.27. The van der Waals surface area contributed by atoms with Crippen molar-refractivity contribution in [3.8, 4) is 5.75 Å². The highest BCUT2D eigenvalue weighted by molar-refractivity contribution is 7.98. The Morgan fingerprint density at radius 3 is 2.89 bits per heavy atom. The Bertz CT molecular complexity index is 543. The molecule has 2 N–H and O–H groups in total. The largest absolute Gasteiger partial charge is 0.496 e. The zero-order valence-corrected chi connectivity index (χ0v) is 11.3. The maximum Gasteiger partial charge on any atom is 0.122 e. The van der Waals surface area contributed by atoms with Gasteiger partial charge >= 0.3 is 0 Å². The minimum absolute atomic E-state index is 0.717. The summed E-state index contributed by atoms with van der Waals surface area (Å²) in [6.07, 6.45) is 1.76. The summed E-state index contributed by atoms with van der Waals surface area (Å²) < 4.78 is 5.35. The maximum atomic E-state index is 5.87. The molecule has 94 valence electrons. The van der Waals surface area contributed by atoms with E-state index in [0.29, 0.717) is 5.69 Å². The van der Waals surface area contributed by atoms with Crippen molar-refractivity contribution >= 4 is 17.4 Å². The van der Waals surface area contributed by atoms with Crippen LogP contribution >= 0.6 is 11.8 Å². The molecule has 0 bridgehead atoms. The number of nitrogens with two attached hydrogens (primary N) is 1. The summed E-state index contributed by atoms with van der Waals surface area (Å²) in [6, 6.07) is 9.87. The van der Waals surface area contributed by atoms with Gasteiger partial charge in [-0.25, -0.2) is 4.98 Å². The molecule has 0 atom stereocenters. The predicted octanol–water partition coefficient (Wildman–Crippen LogP) is 3.27. The lowest BCUT2D eigenvalue weighted by atomic mass is 10.1. The Balaban J connectivity index is 2.15. The Labute approximate surface area is 111 Å². The molecule has 1 aromatic heterocycles. The second kappa shape index (κ2) is 5.78. The number of benzene rings is 1. The van der Waals surface area contributed by atoms with Gasteiger partial charge in [0.15, 0.2) is 0 Å². The molecule has 1 aromatic carbocycles. The highest BCUT2D eigenvalue weighted by atomic mass is 32.2. The van der Waals surface area contributed by atoms with E-state index in [0.717, 1.165) is 22.1 Å². The molecule has 0 amide bonds. The molecule has 4 heteroatoms. The molecule has 0 aliphatic carbocycles. The van der Waals surface area contributed by atoms with Crippen LogP contribution in [0.25, 0.3) is 0 Å². The number of hydrogen-bond acceptors (Lipinski definition) is 4. The number of thioether (sulfide) groups is 1. The molecular formula is C14H16N2OS. The molecule has 0 saturated heterocycles. The Kier molecular flexibility index (Phi) is 4.10. The van der Waals surface area contributed by atoms with Gasteiger partial charge in [0.2, 0.25) is 0 Å². The van der Waals surface area contributed by atoms with Gasteiger partial charge in [0.25, 0.3) is 0 Å². The lowest BCUT2D eigenvalue weighted by molar-refractivity contribution is 0.411. The Hall–Kier alpha value is -1.68. The fourth-order valence-corrected chi connectivity index (χ4v) is 2.58. The molecule has 1 heterocycles. The maximum absolute atomic E-state index is 5.87. The van der Waals surface area contributed by atoms with Gasteiger partial charge in [-0.3, -0.25) is 0 Å². The van der Waals surface area contributed by atoms with Crippen molar-refractivity contribution in [2.45, 2.75) is 17.7 Å². The van der Waals surface area contributed by atoms with Gasteiger partial charge in [-0.1, -0.05) is 29.5 Å². The third kappa shape index (κ3) is 2.96. The number of hydrogen-bond donors (Lipinski definition) is 1. The number of aryl methyl sites for hydroxylation is 1. The van der Waals surface area contributed by atoms with Crippen LogP contribution in [0.1, 0.15) is 11.1 Å². The van der Waals surface area contributed by atoms with Crippen LogP contribution in [0, 0.1) is 6.92 Å². The normalized spacial score (nSPS) is 10.3. The van der Waals surface area contributed by atoms with Crippen LogP contribution in [-0.2, 0) is 5.75 Å². The van der Waals surface area contributed by atoms with Crippen molar-refractivity contribution in [2.75, 3.05) is 12.8 Å². The molecule has 0 fully saturated rings. The van der Waals surface area contributed by atoms with Crippen molar-refractivity contribution in [3.63, 3.8) is 0 Å². The van der Waals surface area contributed by atoms with E-state index in [1.165, 1.54) is 5.56 Å². The molecule has 3 nitrogen and oxygen atoms in total. The predicted molar refractivity (Wildman–Crippen MR) is 75.9 cm³/mol. The van der Waals surface area contributed by atoms with Crippen molar-refractivity contribution in [2.24, 2.45) is 0 Å². The van der Waals surface area contributed by atoms with Crippen molar-refractivity contribution < 1.29 is 4.74 Å². The zero-order valence-electron chi connectivity index (χ0n) is 10.5. The van der Waals surface area contributed by atoms with Crippen LogP contribution in [0.5, 0.6) is 5.75 Å². The minimum atomic E-state index is 0.717. The number of nitrogen functional groups attached to an aromatic ring is 1. The fraction of sp³-hybridized carbons (Fsp3) is 0.214. The van der Waals surface area contributed by atoms with Crippen LogP contribution in [0.3, 0.4) is 0 Å². The number of pyridine rings is 1. The quantitative estimate of drug-likeness (QED) is 0.857. The monoisotopic (exact) mass is 260 g/mol. The number of nitrogens with zero attached hydrogens (tertiary/aromatic N) is 1. The van der Waals surface area contributed by atoms with E-state index in [1.54, 1.807) is 25.1 Å². The van der Waals surface area contributed by atoms with Crippen molar-refractivity contribution in [3.05, 3.63) is 47.7 Å². The van der Waals surface area contributed by atoms with Crippen LogP contribution in [0.2, 0.25) is 0 Å². The molecule has 0 unspecified atom stereocenters. The third-order valence-electron chi connectivity index (χ3n) is 2.60. The number of rotatable bonds is 4. The summed E-state index contributed by atoms with van der Waals surface area (Å²) in [6.45, 7) is 2.07. The lowest BCUT2D eigenvalue weighted by Gasteiger charge is -2.09. The topological polar surface area (TPSA) is 48.1 Å². The standard InChI is InChI=1S/C14H16N2OS/c1-10-5-6-13(17-2)11(8-10)9-18-14-12(15)4-3-7-16-14/h3-8H,9,15H2,1-2H3. The third-order valence-corrected chi connectivity index (χ3v) is 3.67. The fourth-order valence-electron chi connectivity index (χ4n) is 1.69. The first-order chi connectivity index (χ1) is 8.70. The lowest BCUT2D eigenvalue weighted by Crippen LogP contribution is -1.94. The van der Waals surface area contributed by atoms with Gasteiger partial charge in [-0.05, 0) is 25.1 Å². The average Bonchev–Trinajstić information content (AvgIpc) is 2.38. The summed E-state index contributed by atoms with van der Waals surface area (Å²) in [5, 5.41) is 0.862. The van der Waals surface area contributed by atoms with E-state index in [-0.39, 0.29) is 0 Å². The first-order valence-electron chi connectivity index (χ1n) is 5.67. The molecule has 18 heavy (non-hydrogen) atoms. The number of aromatic nitrogens is 1. The highest BCUT2D eigenvalue weighted by Crippen LogP contribution is 2.30. The van der Waals surface area contributed by atoms with Gasteiger partial charge < -0.3 is 10.5 Å². The van der Waals surface area contributed by atoms with Gasteiger partial charge in [0.05, 0.1) is 12.8 Å². The molecule has 0 radical (unpaired) electrons. The van der Waals surface area contributed by atoms with E-state index in [1.807, 2.05) is 24.3 Å². The summed E-state index contributed by atoms with van der Waals surface area (Å²) in [5.41, 5.74) is 8.97. The van der Waals surface area contributed by atoms with E-state index >= 15 is 0 Å². The van der Waals surface area contributed by atoms with E-state index < -0.39 is 0 Å². The van der Waals surface area contributed by atoms with Crippen LogP contribution in [0.4, 0.5) is 5.69 Å². The summed E-state index contributed by atoms with van der Waals surface area (Å²) in [5.74, 6) is 1.70. The van der Waals surface area contributed by atoms with Gasteiger partial charge in [0, 0.05) is 17.5 Å². The van der Waals surface area contributed by atoms with Crippen LogP contribution in [0.15, 0.2) is 41.6 Å². The number of anilines is 1. The van der Waals surface area contributed by atoms with Gasteiger partial charge in [0.1, 0.15) is 10.8 Å². The summed E-state index contributed by atoms with van der Waals surface area (Å²) >= 11 is 1.62. The number of ether oxygens (including phenoxy) is 1. The second-order valence-electron chi connectivity index (χ2n) is 4.00. The zero-order chi connectivity index (χ0) is 13.0. The van der Waals surface area contributed by atoms with Crippen molar-refractivity contribution in [1.29, 1.82) is 0 Å². The van der Waals surface area contributed by atoms with E-state index in [2.05, 4.69) is 18.0 Å². The Morgan fingerprint density at radius 2 is 2.17 bits per heavy atom. The van der Waals surface area contributed by atoms with E-state index in [9.17, 15) is 0 Å². The molecule has 0 saturated carbocycles. The molecule has 2 rings (SSSR count). The molecular weight excluding hydrogens is 244 g/mol. The molecule has 0 aliphatic rings. The number of methoxy groups -OCH3 is 1. The minimum Gasteiger partial charge on any atom is -0.496 e. The van der Waals surface area contributed by atoms with Gasteiger partial charge in [-0.2, -0.15) is 0 Å². The molecule has 0 aliphatic heterocycles. The van der Waals surface area contributed by atoms with Crippen LogP contribution in [-0.4, -0.2) is 12.1 Å². The first kappa shape index (κ1) is 12.8. The molecule has 2 aromatic rings. The van der Waals surface area contributed by atoms with E-state index in [4.69, 9.17) is 10.5 Å². The van der Waals surface area contributed by atoms with Gasteiger partial charge in [-0.15, -0.1) is 0 Å². The average molecular weight is 260 g/mol. The van der Waals surface area contributed by atoms with Crippen molar-refractivity contribution in [1.82, 2.24) is 4.98 Å². The highest BCUT2D eigenvalue weighted by Gasteiger charge is 2.06. The second-order valence-corrected chi connectivity index (χ2v) is 4.97. The van der Waals surface area contributed by atoms with Crippen LogP contribution < -0.4 is 10.5 Å². The Morgan fingerprint density at radius 1 is 1.33 bits per heavy atom.